The molecule has 2 aromatic rings. The minimum atomic E-state index is -0.346. The Balaban J connectivity index is 2.21. The number of imidazole rings is 1. The van der Waals surface area contributed by atoms with E-state index in [0.717, 1.165) is 11.4 Å². The van der Waals surface area contributed by atoms with Crippen molar-refractivity contribution in [1.29, 1.82) is 0 Å². The topological polar surface area (TPSA) is 79.3 Å². The molecule has 0 bridgehead atoms. The molecule has 1 aromatic heterocycles. The van der Waals surface area contributed by atoms with Gasteiger partial charge in [0.2, 0.25) is 11.8 Å². The van der Waals surface area contributed by atoms with Gasteiger partial charge in [0.1, 0.15) is 11.9 Å². The summed E-state index contributed by atoms with van der Waals surface area (Å²) < 4.78 is 1.89. The van der Waals surface area contributed by atoms with Crippen LogP contribution >= 0.6 is 0 Å². The van der Waals surface area contributed by atoms with E-state index in [4.69, 9.17) is 0 Å². The quantitative estimate of drug-likeness (QED) is 0.799. The number of amides is 2. The average molecular weight is 343 g/mol. The van der Waals surface area contributed by atoms with Crippen LogP contribution in [0, 0.1) is 0 Å². The van der Waals surface area contributed by atoms with Gasteiger partial charge in [-0.3, -0.25) is 9.59 Å². The first-order valence-corrected chi connectivity index (χ1v) is 8.15. The number of carbonyl (C=O) groups excluding carboxylic acids is 2. The molecule has 7 heteroatoms. The van der Waals surface area contributed by atoms with Crippen LogP contribution in [0.1, 0.15) is 30.8 Å². The van der Waals surface area contributed by atoms with Gasteiger partial charge >= 0.3 is 0 Å². The van der Waals surface area contributed by atoms with E-state index in [1.54, 1.807) is 6.20 Å². The highest BCUT2D eigenvalue weighted by atomic mass is 16.2. The van der Waals surface area contributed by atoms with Gasteiger partial charge in [0.05, 0.1) is 0 Å². The number of rotatable bonds is 7. The van der Waals surface area contributed by atoms with E-state index in [-0.39, 0.29) is 17.9 Å². The van der Waals surface area contributed by atoms with Gasteiger partial charge in [0.25, 0.3) is 0 Å². The van der Waals surface area contributed by atoms with Crippen LogP contribution in [0.25, 0.3) is 0 Å². The molecule has 0 radical (unpaired) electrons. The summed E-state index contributed by atoms with van der Waals surface area (Å²) in [6, 6.07) is 7.06. The number of hydrogen-bond acceptors (Lipinski definition) is 4. The zero-order chi connectivity index (χ0) is 18.4. The van der Waals surface area contributed by atoms with Crippen LogP contribution in [-0.2, 0) is 16.6 Å². The Morgan fingerprint density at radius 2 is 1.92 bits per heavy atom. The third-order valence-corrected chi connectivity index (χ3v) is 3.77. The second kappa shape index (κ2) is 8.43. The Labute approximate surface area is 148 Å². The van der Waals surface area contributed by atoms with Crippen molar-refractivity contribution in [2.75, 3.05) is 26.0 Å². The zero-order valence-corrected chi connectivity index (χ0v) is 15.1. The molecule has 0 spiro atoms. The van der Waals surface area contributed by atoms with Gasteiger partial charge in [0, 0.05) is 45.0 Å². The third-order valence-electron chi connectivity index (χ3n) is 3.77. The normalized spacial score (nSPS) is 12.0. The van der Waals surface area contributed by atoms with Gasteiger partial charge in [-0.25, -0.2) is 4.98 Å². The highest BCUT2D eigenvalue weighted by Gasteiger charge is 2.20. The summed E-state index contributed by atoms with van der Waals surface area (Å²) in [5.41, 5.74) is 1.62. The molecular weight excluding hydrogens is 318 g/mol. The summed E-state index contributed by atoms with van der Waals surface area (Å²) >= 11 is 0. The number of anilines is 1. The van der Waals surface area contributed by atoms with Crippen LogP contribution in [0.2, 0.25) is 0 Å². The van der Waals surface area contributed by atoms with E-state index in [0.29, 0.717) is 18.7 Å². The maximum atomic E-state index is 12.3. The predicted molar refractivity (Wildman–Crippen MR) is 97.1 cm³/mol. The van der Waals surface area contributed by atoms with Gasteiger partial charge in [-0.2, -0.15) is 0 Å². The Morgan fingerprint density at radius 1 is 1.24 bits per heavy atom. The number of aromatic nitrogens is 2. The van der Waals surface area contributed by atoms with Gasteiger partial charge in [-0.1, -0.05) is 12.1 Å². The second-order valence-electron chi connectivity index (χ2n) is 6.25. The number of aryl methyl sites for hydroxylation is 1. The molecule has 1 aromatic carbocycles. The number of nitrogens with zero attached hydrogens (tertiary/aromatic N) is 3. The molecule has 25 heavy (non-hydrogen) atoms. The van der Waals surface area contributed by atoms with Gasteiger partial charge in [0.15, 0.2) is 0 Å². The highest BCUT2D eigenvalue weighted by Crippen LogP contribution is 2.22. The van der Waals surface area contributed by atoms with Crippen molar-refractivity contribution in [3.63, 3.8) is 0 Å². The Bertz CT molecular complexity index is 721. The SMILES string of the molecule is CC(=O)Nc1ccc(C(NC(=O)CCN(C)C)c2nccn2C)cc1. The minimum Gasteiger partial charge on any atom is -0.342 e. The summed E-state index contributed by atoms with van der Waals surface area (Å²) in [5, 5.41) is 5.79. The van der Waals surface area contributed by atoms with Crippen LogP contribution in [0.15, 0.2) is 36.7 Å². The van der Waals surface area contributed by atoms with Crippen molar-refractivity contribution in [3.05, 3.63) is 48.0 Å². The van der Waals surface area contributed by atoms with Crippen molar-refractivity contribution >= 4 is 17.5 Å². The molecule has 134 valence electrons. The summed E-state index contributed by atoms with van der Waals surface area (Å²) in [4.78, 5) is 29.8. The van der Waals surface area contributed by atoms with Gasteiger partial charge < -0.3 is 20.1 Å². The van der Waals surface area contributed by atoms with Crippen LogP contribution in [0.3, 0.4) is 0 Å². The number of nitrogens with one attached hydrogen (secondary N) is 2. The van der Waals surface area contributed by atoms with Gasteiger partial charge in [-0.15, -0.1) is 0 Å². The van der Waals surface area contributed by atoms with Crippen LogP contribution in [-0.4, -0.2) is 46.9 Å². The fraction of sp³-hybridized carbons (Fsp3) is 0.389. The predicted octanol–water partition coefficient (Wildman–Crippen LogP) is 1.54. The highest BCUT2D eigenvalue weighted by molar-refractivity contribution is 5.88. The second-order valence-corrected chi connectivity index (χ2v) is 6.25. The van der Waals surface area contributed by atoms with E-state index < -0.39 is 0 Å². The Morgan fingerprint density at radius 3 is 2.44 bits per heavy atom. The lowest BCUT2D eigenvalue weighted by atomic mass is 10.1. The molecule has 0 aliphatic carbocycles. The van der Waals surface area contributed by atoms with Crippen LogP contribution in [0.5, 0.6) is 0 Å². The standard InChI is InChI=1S/C18H25N5O2/c1-13(24)20-15-7-5-14(6-8-15)17(18-19-10-12-23(18)4)21-16(25)9-11-22(2)3/h5-8,10,12,17H,9,11H2,1-4H3,(H,20,24)(H,21,25). The zero-order valence-electron chi connectivity index (χ0n) is 15.1. The first kappa shape index (κ1) is 18.7. The molecule has 0 aliphatic rings. The molecule has 7 nitrogen and oxygen atoms in total. The maximum Gasteiger partial charge on any atom is 0.222 e. The summed E-state index contributed by atoms with van der Waals surface area (Å²) in [6.07, 6.45) is 3.97. The Kier molecular flexibility index (Phi) is 6.30. The first-order valence-electron chi connectivity index (χ1n) is 8.15. The van der Waals surface area contributed by atoms with Gasteiger partial charge in [-0.05, 0) is 31.8 Å². The van der Waals surface area contributed by atoms with E-state index in [1.807, 2.05) is 61.1 Å². The average Bonchev–Trinajstić information content (AvgIpc) is 2.97. The van der Waals surface area contributed by atoms with E-state index >= 15 is 0 Å². The molecule has 2 N–H and O–H groups in total. The summed E-state index contributed by atoms with van der Waals surface area (Å²) in [5.74, 6) is 0.600. The lowest BCUT2D eigenvalue weighted by molar-refractivity contribution is -0.122. The smallest absolute Gasteiger partial charge is 0.222 e. The molecule has 0 fully saturated rings. The fourth-order valence-electron chi connectivity index (χ4n) is 2.47. The third kappa shape index (κ3) is 5.42. The van der Waals surface area contributed by atoms with Crippen LogP contribution in [0.4, 0.5) is 5.69 Å². The van der Waals surface area contributed by atoms with Crippen molar-refractivity contribution in [1.82, 2.24) is 19.8 Å². The van der Waals surface area contributed by atoms with Crippen molar-refractivity contribution < 1.29 is 9.59 Å². The monoisotopic (exact) mass is 343 g/mol. The largest absolute Gasteiger partial charge is 0.342 e. The lowest BCUT2D eigenvalue weighted by Crippen LogP contribution is -2.33. The molecule has 1 atom stereocenters. The molecule has 2 rings (SSSR count). The number of hydrogen-bond donors (Lipinski definition) is 2. The molecule has 0 aliphatic heterocycles. The molecule has 2 amide bonds. The Hall–Kier alpha value is -2.67. The van der Waals surface area contributed by atoms with Crippen molar-refractivity contribution in [2.24, 2.45) is 7.05 Å². The molecule has 1 unspecified atom stereocenters. The lowest BCUT2D eigenvalue weighted by Gasteiger charge is -2.20. The van der Waals surface area contributed by atoms with Crippen molar-refractivity contribution in [2.45, 2.75) is 19.4 Å². The molecular formula is C18H25N5O2. The van der Waals surface area contributed by atoms with E-state index in [2.05, 4.69) is 15.6 Å². The summed E-state index contributed by atoms with van der Waals surface area (Å²) in [6.45, 7) is 2.15. The maximum absolute atomic E-state index is 12.3. The number of carbonyl (C=O) groups is 2. The summed E-state index contributed by atoms with van der Waals surface area (Å²) in [7, 11) is 5.77. The molecule has 1 heterocycles. The first-order chi connectivity index (χ1) is 11.9. The van der Waals surface area contributed by atoms with Crippen LogP contribution < -0.4 is 10.6 Å². The fourth-order valence-corrected chi connectivity index (χ4v) is 2.47. The molecule has 0 saturated carbocycles. The van der Waals surface area contributed by atoms with Crippen molar-refractivity contribution in [3.8, 4) is 0 Å². The minimum absolute atomic E-state index is 0.0346. The number of benzene rings is 1. The van der Waals surface area contributed by atoms with E-state index in [9.17, 15) is 9.59 Å². The van der Waals surface area contributed by atoms with E-state index in [1.165, 1.54) is 6.92 Å². The molecule has 0 saturated heterocycles.